The summed E-state index contributed by atoms with van der Waals surface area (Å²) >= 11 is 0. The van der Waals surface area contributed by atoms with Crippen LogP contribution in [-0.2, 0) is 9.59 Å². The molecule has 12 nitrogen and oxygen atoms in total. The van der Waals surface area contributed by atoms with Crippen LogP contribution < -0.4 is 21.3 Å². The Bertz CT molecular complexity index is 1310. The molecule has 0 aromatic heterocycles. The van der Waals surface area contributed by atoms with Crippen molar-refractivity contribution in [1.82, 2.24) is 25.3 Å². The van der Waals surface area contributed by atoms with Crippen LogP contribution in [-0.4, -0.2) is 90.4 Å². The van der Waals surface area contributed by atoms with Gasteiger partial charge in [0.05, 0.1) is 5.92 Å². The first-order valence-electron chi connectivity index (χ1n) is 14.7. The van der Waals surface area contributed by atoms with Gasteiger partial charge in [0.15, 0.2) is 0 Å². The second kappa shape index (κ2) is 14.5. The number of hydrogen-bond donors (Lipinski definition) is 4. The summed E-state index contributed by atoms with van der Waals surface area (Å²) in [5, 5.41) is 10.8. The second-order valence-corrected chi connectivity index (χ2v) is 11.4. The number of urea groups is 3. The van der Waals surface area contributed by atoms with Gasteiger partial charge in [0.1, 0.15) is 6.54 Å². The molecule has 4 rings (SSSR count). The third kappa shape index (κ3) is 9.19. The van der Waals surface area contributed by atoms with E-state index in [1.165, 1.54) is 4.90 Å². The minimum atomic E-state index is -0.553. The van der Waals surface area contributed by atoms with Crippen LogP contribution in [0.1, 0.15) is 30.9 Å². The van der Waals surface area contributed by atoms with Gasteiger partial charge in [-0.15, -0.1) is 0 Å². The predicted octanol–water partition coefficient (Wildman–Crippen LogP) is 3.39. The van der Waals surface area contributed by atoms with Crippen molar-refractivity contribution in [3.8, 4) is 0 Å². The summed E-state index contributed by atoms with van der Waals surface area (Å²) in [5.41, 5.74) is 3.51. The molecule has 2 heterocycles. The molecule has 43 heavy (non-hydrogen) atoms. The second-order valence-electron chi connectivity index (χ2n) is 11.4. The Hall–Kier alpha value is -4.61. The van der Waals surface area contributed by atoms with Crippen molar-refractivity contribution in [1.29, 1.82) is 0 Å². The number of piperidine rings is 1. The van der Waals surface area contributed by atoms with Gasteiger partial charge in [-0.25, -0.2) is 14.4 Å². The third-order valence-corrected chi connectivity index (χ3v) is 7.70. The molecule has 8 amide bonds. The molecule has 2 aromatic carbocycles. The number of nitrogens with one attached hydrogen (secondary N) is 4. The SMILES string of the molecule is Cc1ccc(NC(=O)NCCN(CC2CCCN(C(=O)CN3CC(C)C(=O)NC3=O)C2)C(=O)Nc2ccc(C)cc2)cc1. The molecule has 2 aliphatic heterocycles. The molecule has 2 unspecified atom stereocenters. The van der Waals surface area contributed by atoms with E-state index in [2.05, 4.69) is 21.3 Å². The molecule has 12 heteroatoms. The molecule has 0 spiro atoms. The highest BCUT2D eigenvalue weighted by atomic mass is 16.2. The summed E-state index contributed by atoms with van der Waals surface area (Å²) < 4.78 is 0. The third-order valence-electron chi connectivity index (χ3n) is 7.70. The number of carbonyl (C=O) groups excluding carboxylic acids is 5. The van der Waals surface area contributed by atoms with Crippen molar-refractivity contribution >= 4 is 41.3 Å². The Morgan fingerprint density at radius 3 is 2.21 bits per heavy atom. The average Bonchev–Trinajstić information content (AvgIpc) is 2.98. The number of rotatable bonds is 9. The van der Waals surface area contributed by atoms with Crippen molar-refractivity contribution in [3.63, 3.8) is 0 Å². The van der Waals surface area contributed by atoms with Crippen LogP contribution in [0.15, 0.2) is 48.5 Å². The molecule has 2 fully saturated rings. The molecule has 2 aromatic rings. The van der Waals surface area contributed by atoms with Crippen LogP contribution in [0.25, 0.3) is 0 Å². The number of imide groups is 1. The Balaban J connectivity index is 1.35. The van der Waals surface area contributed by atoms with E-state index >= 15 is 0 Å². The number of hydrogen-bond acceptors (Lipinski definition) is 5. The Labute approximate surface area is 252 Å². The molecule has 4 N–H and O–H groups in total. The molecule has 0 aliphatic carbocycles. The van der Waals surface area contributed by atoms with E-state index in [0.717, 1.165) is 24.0 Å². The van der Waals surface area contributed by atoms with Crippen molar-refractivity contribution in [2.75, 3.05) is 56.4 Å². The molecule has 2 aliphatic rings. The fourth-order valence-electron chi connectivity index (χ4n) is 5.19. The molecule has 0 saturated carbocycles. The summed E-state index contributed by atoms with van der Waals surface area (Å²) in [6.45, 7) is 7.65. The van der Waals surface area contributed by atoms with Gasteiger partial charge in [0, 0.05) is 50.6 Å². The lowest BCUT2D eigenvalue weighted by Gasteiger charge is -2.37. The maximum atomic E-state index is 13.4. The van der Waals surface area contributed by atoms with E-state index in [4.69, 9.17) is 0 Å². The monoisotopic (exact) mass is 591 g/mol. The van der Waals surface area contributed by atoms with Gasteiger partial charge in [-0.2, -0.15) is 0 Å². The molecular weight excluding hydrogens is 550 g/mol. The minimum Gasteiger partial charge on any atom is -0.341 e. The Morgan fingerprint density at radius 2 is 1.56 bits per heavy atom. The maximum Gasteiger partial charge on any atom is 0.324 e. The van der Waals surface area contributed by atoms with Crippen molar-refractivity contribution in [2.24, 2.45) is 11.8 Å². The number of anilines is 2. The summed E-state index contributed by atoms with van der Waals surface area (Å²) in [6, 6.07) is 13.8. The predicted molar refractivity (Wildman–Crippen MR) is 164 cm³/mol. The van der Waals surface area contributed by atoms with Gasteiger partial charge in [-0.3, -0.25) is 14.9 Å². The standard InChI is InChI=1S/C31H41N7O5/c1-21-6-10-25(11-7-21)33-29(41)32-14-16-37(30(42)34-26-12-8-22(2)9-13-26)19-24-5-4-15-36(18-24)27(39)20-38-17-23(3)28(40)35-31(38)43/h6-13,23-24H,4-5,14-20H2,1-3H3,(H,34,42)(H2,32,33,41)(H,35,40,43). The van der Waals surface area contributed by atoms with E-state index in [1.807, 2.05) is 62.4 Å². The van der Waals surface area contributed by atoms with Gasteiger partial charge < -0.3 is 30.7 Å². The highest BCUT2D eigenvalue weighted by molar-refractivity contribution is 5.99. The smallest absolute Gasteiger partial charge is 0.324 e. The van der Waals surface area contributed by atoms with Crippen LogP contribution in [0.3, 0.4) is 0 Å². The number of aryl methyl sites for hydroxylation is 2. The number of nitrogens with zero attached hydrogens (tertiary/aromatic N) is 3. The molecule has 2 atom stereocenters. The van der Waals surface area contributed by atoms with Crippen LogP contribution in [0.4, 0.5) is 25.8 Å². The molecule has 230 valence electrons. The summed E-state index contributed by atoms with van der Waals surface area (Å²) in [5.74, 6) is -0.893. The van der Waals surface area contributed by atoms with E-state index < -0.39 is 6.03 Å². The topological polar surface area (TPSA) is 143 Å². The number of benzene rings is 2. The lowest BCUT2D eigenvalue weighted by Crippen LogP contribution is -2.57. The van der Waals surface area contributed by atoms with Crippen LogP contribution in [0, 0.1) is 25.7 Å². The quantitative estimate of drug-likeness (QED) is 0.354. The van der Waals surface area contributed by atoms with Gasteiger partial charge >= 0.3 is 18.1 Å². The van der Waals surface area contributed by atoms with Crippen molar-refractivity contribution in [3.05, 3.63) is 59.7 Å². The first-order chi connectivity index (χ1) is 20.6. The van der Waals surface area contributed by atoms with E-state index in [0.29, 0.717) is 31.0 Å². The van der Waals surface area contributed by atoms with Gasteiger partial charge in [0.2, 0.25) is 11.8 Å². The van der Waals surface area contributed by atoms with Crippen LogP contribution in [0.2, 0.25) is 0 Å². The fourth-order valence-corrected chi connectivity index (χ4v) is 5.19. The average molecular weight is 592 g/mol. The zero-order chi connectivity index (χ0) is 30.9. The molecule has 0 radical (unpaired) electrons. The molecular formula is C31H41N7O5. The van der Waals surface area contributed by atoms with Crippen LogP contribution in [0.5, 0.6) is 0 Å². The van der Waals surface area contributed by atoms with Gasteiger partial charge in [-0.1, -0.05) is 42.3 Å². The first kappa shape index (κ1) is 31.3. The lowest BCUT2D eigenvalue weighted by atomic mass is 9.97. The summed E-state index contributed by atoms with van der Waals surface area (Å²) in [7, 11) is 0. The number of amides is 8. The van der Waals surface area contributed by atoms with Gasteiger partial charge in [0.25, 0.3) is 0 Å². The number of carbonyl (C=O) groups is 5. The number of likely N-dealkylation sites (tertiary alicyclic amines) is 1. The fraction of sp³-hybridized carbons (Fsp3) is 0.452. The Kier molecular flexibility index (Phi) is 10.6. The van der Waals surface area contributed by atoms with Crippen molar-refractivity contribution in [2.45, 2.75) is 33.6 Å². The van der Waals surface area contributed by atoms with Crippen molar-refractivity contribution < 1.29 is 24.0 Å². The minimum absolute atomic E-state index is 0.0125. The van der Waals surface area contributed by atoms with E-state index in [-0.39, 0.29) is 61.9 Å². The normalized spacial score (nSPS) is 18.5. The van der Waals surface area contributed by atoms with E-state index in [1.54, 1.807) is 16.7 Å². The largest absolute Gasteiger partial charge is 0.341 e. The molecule has 2 saturated heterocycles. The summed E-state index contributed by atoms with van der Waals surface area (Å²) in [4.78, 5) is 67.7. The lowest BCUT2D eigenvalue weighted by molar-refractivity contribution is -0.135. The summed E-state index contributed by atoms with van der Waals surface area (Å²) in [6.07, 6.45) is 1.59. The van der Waals surface area contributed by atoms with Gasteiger partial charge in [-0.05, 0) is 56.9 Å². The van der Waals surface area contributed by atoms with Crippen LogP contribution >= 0.6 is 0 Å². The maximum absolute atomic E-state index is 13.4. The van der Waals surface area contributed by atoms with E-state index in [9.17, 15) is 24.0 Å². The first-order valence-corrected chi connectivity index (χ1v) is 14.7. The zero-order valence-electron chi connectivity index (χ0n) is 25.0. The zero-order valence-corrected chi connectivity index (χ0v) is 25.0. The highest BCUT2D eigenvalue weighted by Gasteiger charge is 2.33. The highest BCUT2D eigenvalue weighted by Crippen LogP contribution is 2.20. The molecule has 0 bridgehead atoms. The Morgan fingerprint density at radius 1 is 0.930 bits per heavy atom.